The molecule has 6 aromatic carbocycles. The van der Waals surface area contributed by atoms with E-state index in [1.165, 1.54) is 61.0 Å². The normalized spacial score (nSPS) is 15.2. The molecule has 2 nitrogen and oxygen atoms in total. The van der Waals surface area contributed by atoms with Crippen LogP contribution in [0.5, 0.6) is 0 Å². The third kappa shape index (κ3) is 4.17. The van der Waals surface area contributed by atoms with Gasteiger partial charge in [-0.2, -0.15) is 5.26 Å². The first-order valence-electron chi connectivity index (χ1n) is 17.5. The fourth-order valence-corrected chi connectivity index (χ4v) is 8.77. The van der Waals surface area contributed by atoms with Gasteiger partial charge in [-0.25, -0.2) is 4.98 Å². The van der Waals surface area contributed by atoms with Gasteiger partial charge in [-0.15, -0.1) is 0 Å². The maximum Gasteiger partial charge on any atom is 0.0998 e. The summed E-state index contributed by atoms with van der Waals surface area (Å²) in [6.45, 7) is 13.8. The molecule has 0 unspecified atom stereocenters. The standard InChI is InChI=1S/C48H38N2/c1-28-29(2)47(3,4)43-24-31(20-21-33(28)43)45-26-40(34-14-8-7-13-32(34)27-49)41-25-39(35-15-9-10-17-38(35)46(41)50-45)30-19-22-37-36-16-11-12-18-42(36)48(5,6)44(37)23-30/h7-26H,1-6H3. The number of aromatic nitrogens is 1. The largest absolute Gasteiger partial charge is 0.247 e. The van der Waals surface area contributed by atoms with Crippen LogP contribution in [0.3, 0.4) is 0 Å². The minimum absolute atomic E-state index is 0.0457. The maximum absolute atomic E-state index is 10.3. The van der Waals surface area contributed by atoms with Gasteiger partial charge in [-0.1, -0.05) is 124 Å². The molecule has 0 bridgehead atoms. The molecular formula is C48H38N2. The predicted octanol–water partition coefficient (Wildman–Crippen LogP) is 12.7. The van der Waals surface area contributed by atoms with Crippen molar-refractivity contribution in [3.8, 4) is 50.7 Å². The Labute approximate surface area is 294 Å². The molecule has 50 heavy (non-hydrogen) atoms. The topological polar surface area (TPSA) is 36.7 Å². The molecule has 0 atom stereocenters. The molecule has 2 aliphatic carbocycles. The second kappa shape index (κ2) is 10.6. The van der Waals surface area contributed by atoms with Crippen molar-refractivity contribution < 1.29 is 0 Å². The number of nitrogens with zero attached hydrogens (tertiary/aromatic N) is 2. The number of nitriles is 1. The lowest BCUT2D eigenvalue weighted by Crippen LogP contribution is -2.15. The van der Waals surface area contributed by atoms with E-state index in [2.05, 4.69) is 151 Å². The van der Waals surface area contributed by atoms with Crippen LogP contribution in [0.25, 0.3) is 71.9 Å². The molecule has 1 aromatic heterocycles. The Morgan fingerprint density at radius 1 is 0.500 bits per heavy atom. The second-order valence-electron chi connectivity index (χ2n) is 15.1. The van der Waals surface area contributed by atoms with Crippen molar-refractivity contribution in [1.29, 1.82) is 5.26 Å². The first-order valence-corrected chi connectivity index (χ1v) is 17.5. The van der Waals surface area contributed by atoms with Crippen LogP contribution in [0.2, 0.25) is 0 Å². The quantitative estimate of drug-likeness (QED) is 0.180. The van der Waals surface area contributed by atoms with Crippen LogP contribution in [0.4, 0.5) is 0 Å². The molecule has 1 heterocycles. The van der Waals surface area contributed by atoms with Gasteiger partial charge in [-0.05, 0) is 105 Å². The highest BCUT2D eigenvalue weighted by Crippen LogP contribution is 2.51. The van der Waals surface area contributed by atoms with Crippen LogP contribution in [0.1, 0.15) is 69.4 Å². The minimum Gasteiger partial charge on any atom is -0.247 e. The number of rotatable bonds is 3. The van der Waals surface area contributed by atoms with Gasteiger partial charge in [0.1, 0.15) is 0 Å². The third-order valence-electron chi connectivity index (χ3n) is 11.9. The highest BCUT2D eigenvalue weighted by molar-refractivity contribution is 6.16. The van der Waals surface area contributed by atoms with Crippen molar-refractivity contribution in [2.24, 2.45) is 0 Å². The van der Waals surface area contributed by atoms with Gasteiger partial charge >= 0.3 is 0 Å². The van der Waals surface area contributed by atoms with Crippen LogP contribution in [0.15, 0.2) is 127 Å². The van der Waals surface area contributed by atoms with Crippen LogP contribution in [-0.4, -0.2) is 4.98 Å². The molecule has 240 valence electrons. The van der Waals surface area contributed by atoms with Crippen molar-refractivity contribution in [3.05, 3.63) is 155 Å². The lowest BCUT2D eigenvalue weighted by Gasteiger charge is -2.23. The van der Waals surface area contributed by atoms with Gasteiger partial charge in [0.15, 0.2) is 0 Å². The van der Waals surface area contributed by atoms with E-state index in [1.54, 1.807) is 0 Å². The zero-order valence-corrected chi connectivity index (χ0v) is 29.4. The van der Waals surface area contributed by atoms with Crippen LogP contribution < -0.4 is 0 Å². The predicted molar refractivity (Wildman–Crippen MR) is 209 cm³/mol. The van der Waals surface area contributed by atoms with E-state index < -0.39 is 0 Å². The number of benzene rings is 6. The van der Waals surface area contributed by atoms with Gasteiger partial charge < -0.3 is 0 Å². The van der Waals surface area contributed by atoms with Gasteiger partial charge in [0.2, 0.25) is 0 Å². The van der Waals surface area contributed by atoms with Crippen molar-refractivity contribution in [2.75, 3.05) is 0 Å². The van der Waals surface area contributed by atoms with E-state index in [0.717, 1.165) is 38.7 Å². The number of pyridine rings is 1. The van der Waals surface area contributed by atoms with Crippen molar-refractivity contribution in [3.63, 3.8) is 0 Å². The summed E-state index contributed by atoms with van der Waals surface area (Å²) in [4.78, 5) is 5.47. The summed E-state index contributed by atoms with van der Waals surface area (Å²) in [5.41, 5.74) is 18.6. The molecule has 0 aliphatic heterocycles. The Hall–Kier alpha value is -5.78. The molecule has 0 spiro atoms. The Kier molecular flexibility index (Phi) is 6.43. The Bertz CT molecular complexity index is 2680. The SMILES string of the molecule is CC1=C(C)C(C)(C)c2cc(-c3cc(-c4ccccc4C#N)c4cc(-c5ccc6c(c5)C(C)(C)c5ccccc5-6)c5ccccc5c4n3)ccc21. The fraction of sp³-hybridized carbons (Fsp3) is 0.167. The fourth-order valence-electron chi connectivity index (χ4n) is 8.77. The average molecular weight is 643 g/mol. The molecule has 9 rings (SSSR count). The Morgan fingerprint density at radius 3 is 1.92 bits per heavy atom. The summed E-state index contributed by atoms with van der Waals surface area (Å²) in [5.74, 6) is 0. The number of hydrogen-bond acceptors (Lipinski definition) is 2. The zero-order chi connectivity index (χ0) is 34.5. The first-order chi connectivity index (χ1) is 24.1. The molecule has 0 saturated heterocycles. The third-order valence-corrected chi connectivity index (χ3v) is 11.9. The van der Waals surface area contributed by atoms with E-state index in [9.17, 15) is 5.26 Å². The highest BCUT2D eigenvalue weighted by Gasteiger charge is 2.36. The van der Waals surface area contributed by atoms with Gasteiger partial charge in [-0.3, -0.25) is 0 Å². The number of hydrogen-bond donors (Lipinski definition) is 0. The summed E-state index contributed by atoms with van der Waals surface area (Å²) in [7, 11) is 0. The van der Waals surface area contributed by atoms with Crippen LogP contribution >= 0.6 is 0 Å². The average Bonchev–Trinajstić information content (AvgIpc) is 3.48. The van der Waals surface area contributed by atoms with Crippen LogP contribution in [-0.2, 0) is 10.8 Å². The second-order valence-corrected chi connectivity index (χ2v) is 15.1. The van der Waals surface area contributed by atoms with E-state index in [1.807, 2.05) is 18.2 Å². The summed E-state index contributed by atoms with van der Waals surface area (Å²) < 4.78 is 0. The van der Waals surface area contributed by atoms with E-state index in [4.69, 9.17) is 4.98 Å². The van der Waals surface area contributed by atoms with Gasteiger partial charge in [0, 0.05) is 32.7 Å². The van der Waals surface area contributed by atoms with Gasteiger partial charge in [0.25, 0.3) is 0 Å². The van der Waals surface area contributed by atoms with Crippen molar-refractivity contribution in [2.45, 2.75) is 52.4 Å². The number of fused-ring (bicyclic) bond motifs is 7. The molecule has 2 aliphatic rings. The molecule has 0 amide bonds. The molecule has 0 radical (unpaired) electrons. The molecule has 7 aromatic rings. The monoisotopic (exact) mass is 642 g/mol. The number of allylic oxidation sites excluding steroid dienone is 2. The summed E-state index contributed by atoms with van der Waals surface area (Å²) >= 11 is 0. The van der Waals surface area contributed by atoms with E-state index in [0.29, 0.717) is 5.56 Å². The molecule has 2 heteroatoms. The highest BCUT2D eigenvalue weighted by atomic mass is 14.7. The summed E-state index contributed by atoms with van der Waals surface area (Å²) in [6.07, 6.45) is 0. The summed E-state index contributed by atoms with van der Waals surface area (Å²) in [5, 5.41) is 13.6. The Balaban J connectivity index is 1.33. The molecule has 0 fully saturated rings. The van der Waals surface area contributed by atoms with Crippen molar-refractivity contribution in [1.82, 2.24) is 4.98 Å². The van der Waals surface area contributed by atoms with Crippen LogP contribution in [0, 0.1) is 11.3 Å². The summed E-state index contributed by atoms with van der Waals surface area (Å²) in [6, 6.07) is 46.2. The maximum atomic E-state index is 10.3. The van der Waals surface area contributed by atoms with Gasteiger partial charge in [0.05, 0.1) is 22.8 Å². The Morgan fingerprint density at radius 2 is 1.12 bits per heavy atom. The van der Waals surface area contributed by atoms with E-state index in [-0.39, 0.29) is 10.8 Å². The lowest BCUT2D eigenvalue weighted by molar-refractivity contribution is 0.639. The lowest BCUT2D eigenvalue weighted by atomic mass is 9.81. The zero-order valence-electron chi connectivity index (χ0n) is 29.4. The molecule has 0 N–H and O–H groups in total. The minimum atomic E-state index is -0.0982. The van der Waals surface area contributed by atoms with Crippen molar-refractivity contribution >= 4 is 27.2 Å². The molecular weight excluding hydrogens is 605 g/mol. The van der Waals surface area contributed by atoms with E-state index >= 15 is 0 Å². The first kappa shape index (κ1) is 30.3. The molecule has 0 saturated carbocycles. The smallest absolute Gasteiger partial charge is 0.0998 e.